The van der Waals surface area contributed by atoms with Crippen molar-refractivity contribution in [3.63, 3.8) is 0 Å². The van der Waals surface area contributed by atoms with Crippen LogP contribution in [0.5, 0.6) is 11.5 Å². The second-order valence-corrected chi connectivity index (χ2v) is 7.68. The number of hydrogen-bond donors (Lipinski definition) is 2. The first-order chi connectivity index (χ1) is 13.5. The summed E-state index contributed by atoms with van der Waals surface area (Å²) in [6.45, 7) is 0.451. The maximum absolute atomic E-state index is 12.1. The molecule has 0 spiro atoms. The van der Waals surface area contributed by atoms with Gasteiger partial charge in [0.1, 0.15) is 18.1 Å². The fourth-order valence-corrected chi connectivity index (χ4v) is 2.97. The van der Waals surface area contributed by atoms with E-state index in [1.807, 2.05) is 48.5 Å². The monoisotopic (exact) mass is 502 g/mol. The highest BCUT2D eigenvalue weighted by Crippen LogP contribution is 2.21. The fourth-order valence-electron chi connectivity index (χ4n) is 2.35. The van der Waals surface area contributed by atoms with Crippen LogP contribution in [0.25, 0.3) is 0 Å². The number of hydrogen-bond acceptors (Lipinski definition) is 4. The van der Waals surface area contributed by atoms with E-state index in [0.29, 0.717) is 16.8 Å². The van der Waals surface area contributed by atoms with Crippen molar-refractivity contribution in [1.82, 2.24) is 5.43 Å². The molecule has 0 aliphatic rings. The van der Waals surface area contributed by atoms with Crippen LogP contribution in [0.4, 0.5) is 0 Å². The Kier molecular flexibility index (Phi) is 6.84. The van der Waals surface area contributed by atoms with Gasteiger partial charge in [0.25, 0.3) is 5.91 Å². The Bertz CT molecular complexity index is 1000. The molecular weight excluding hydrogens is 488 g/mol. The molecule has 0 saturated carbocycles. The molecule has 3 rings (SSSR count). The fraction of sp³-hybridized carbons (Fsp3) is 0.0476. The van der Waals surface area contributed by atoms with Gasteiger partial charge in [-0.15, -0.1) is 0 Å². The minimum absolute atomic E-state index is 0.112. The van der Waals surface area contributed by atoms with Crippen molar-refractivity contribution < 1.29 is 14.6 Å². The average molecular weight is 504 g/mol. The van der Waals surface area contributed by atoms with E-state index >= 15 is 0 Å². The lowest BCUT2D eigenvalue weighted by Gasteiger charge is -2.07. The van der Waals surface area contributed by atoms with Gasteiger partial charge in [-0.1, -0.05) is 56.1 Å². The molecule has 0 atom stereocenters. The summed E-state index contributed by atoms with van der Waals surface area (Å²) in [7, 11) is 0. The molecule has 5 nitrogen and oxygen atoms in total. The third-order valence-electron chi connectivity index (χ3n) is 3.76. The first-order valence-electron chi connectivity index (χ1n) is 8.30. The molecule has 2 N–H and O–H groups in total. The van der Waals surface area contributed by atoms with Gasteiger partial charge in [0.05, 0.1) is 11.8 Å². The lowest BCUT2D eigenvalue weighted by Crippen LogP contribution is -2.17. The number of nitrogens with one attached hydrogen (secondary N) is 1. The van der Waals surface area contributed by atoms with E-state index < -0.39 is 5.91 Å². The van der Waals surface area contributed by atoms with Gasteiger partial charge < -0.3 is 9.84 Å². The molecule has 1 amide bonds. The predicted molar refractivity (Wildman–Crippen MR) is 116 cm³/mol. The Labute approximate surface area is 179 Å². The van der Waals surface area contributed by atoms with Crippen LogP contribution < -0.4 is 10.2 Å². The standard InChI is InChI=1S/C21H16Br2N2O3/c22-16-6-4-14(5-7-16)13-28-18-3-1-2-15(10-18)12-24-25-21(27)19-11-17(23)8-9-20(19)26/h1-12,26H,13H2,(H,25,27)/b24-12-. The number of amides is 1. The molecule has 0 heterocycles. The minimum Gasteiger partial charge on any atom is -0.507 e. The zero-order chi connectivity index (χ0) is 19.9. The van der Waals surface area contributed by atoms with Crippen LogP contribution in [-0.4, -0.2) is 17.2 Å². The molecular formula is C21H16Br2N2O3. The largest absolute Gasteiger partial charge is 0.507 e. The van der Waals surface area contributed by atoms with E-state index in [1.54, 1.807) is 6.07 Å². The number of carbonyl (C=O) groups is 1. The van der Waals surface area contributed by atoms with Crippen molar-refractivity contribution >= 4 is 44.0 Å². The second-order valence-electron chi connectivity index (χ2n) is 5.85. The molecule has 0 aromatic heterocycles. The second kappa shape index (κ2) is 9.52. The van der Waals surface area contributed by atoms with Crippen LogP contribution in [-0.2, 0) is 6.61 Å². The van der Waals surface area contributed by atoms with Crippen LogP contribution in [0.2, 0.25) is 0 Å². The summed E-state index contributed by atoms with van der Waals surface area (Å²) in [6, 6.07) is 19.9. The summed E-state index contributed by atoms with van der Waals surface area (Å²) < 4.78 is 7.51. The maximum atomic E-state index is 12.1. The van der Waals surface area contributed by atoms with Crippen molar-refractivity contribution in [3.8, 4) is 11.5 Å². The van der Waals surface area contributed by atoms with Crippen LogP contribution in [0.3, 0.4) is 0 Å². The lowest BCUT2D eigenvalue weighted by molar-refractivity contribution is 0.0952. The molecule has 0 unspecified atom stereocenters. The Morgan fingerprint density at radius 3 is 2.57 bits per heavy atom. The number of halogens is 2. The average Bonchev–Trinajstić information content (AvgIpc) is 2.69. The van der Waals surface area contributed by atoms with Crippen molar-refractivity contribution in [2.45, 2.75) is 6.61 Å². The number of rotatable bonds is 6. The molecule has 7 heteroatoms. The third-order valence-corrected chi connectivity index (χ3v) is 4.78. The molecule has 0 aliphatic heterocycles. The zero-order valence-electron chi connectivity index (χ0n) is 14.6. The highest BCUT2D eigenvalue weighted by Gasteiger charge is 2.10. The lowest BCUT2D eigenvalue weighted by atomic mass is 10.2. The van der Waals surface area contributed by atoms with E-state index in [9.17, 15) is 9.90 Å². The Hall–Kier alpha value is -2.64. The molecule has 3 aromatic rings. The van der Waals surface area contributed by atoms with Crippen molar-refractivity contribution in [2.75, 3.05) is 0 Å². The molecule has 142 valence electrons. The third kappa shape index (κ3) is 5.68. The van der Waals surface area contributed by atoms with E-state index in [0.717, 1.165) is 15.6 Å². The number of phenolic OH excluding ortho intramolecular Hbond substituents is 1. The van der Waals surface area contributed by atoms with Crippen molar-refractivity contribution in [1.29, 1.82) is 0 Å². The Balaban J connectivity index is 1.59. The normalized spacial score (nSPS) is 10.8. The summed E-state index contributed by atoms with van der Waals surface area (Å²) in [6.07, 6.45) is 1.51. The number of carbonyl (C=O) groups excluding carboxylic acids is 1. The van der Waals surface area contributed by atoms with Crippen LogP contribution in [0, 0.1) is 0 Å². The SMILES string of the molecule is O=C(N/N=C\c1cccc(OCc2ccc(Br)cc2)c1)c1cc(Br)ccc1O. The van der Waals surface area contributed by atoms with Gasteiger partial charge in [-0.2, -0.15) is 5.10 Å². The minimum atomic E-state index is -0.502. The molecule has 0 fully saturated rings. The van der Waals surface area contributed by atoms with Gasteiger partial charge >= 0.3 is 0 Å². The summed E-state index contributed by atoms with van der Waals surface area (Å²) in [5.74, 6) is 0.0831. The number of aromatic hydroxyl groups is 1. The molecule has 0 aliphatic carbocycles. The molecule has 0 bridgehead atoms. The highest BCUT2D eigenvalue weighted by atomic mass is 79.9. The van der Waals surface area contributed by atoms with E-state index in [4.69, 9.17) is 4.74 Å². The van der Waals surface area contributed by atoms with Gasteiger partial charge in [-0.05, 0) is 53.6 Å². The number of benzene rings is 3. The summed E-state index contributed by atoms with van der Waals surface area (Å²) >= 11 is 6.67. The van der Waals surface area contributed by atoms with E-state index in [-0.39, 0.29) is 11.3 Å². The molecule has 28 heavy (non-hydrogen) atoms. The Morgan fingerprint density at radius 1 is 1.04 bits per heavy atom. The quantitative estimate of drug-likeness (QED) is 0.356. The summed E-state index contributed by atoms with van der Waals surface area (Å²) in [5.41, 5.74) is 4.37. The first-order valence-corrected chi connectivity index (χ1v) is 9.89. The summed E-state index contributed by atoms with van der Waals surface area (Å²) in [4.78, 5) is 12.1. The highest BCUT2D eigenvalue weighted by molar-refractivity contribution is 9.10. The van der Waals surface area contributed by atoms with Gasteiger partial charge in [-0.3, -0.25) is 4.79 Å². The smallest absolute Gasteiger partial charge is 0.275 e. The predicted octanol–water partition coefficient (Wildman–Crippen LogP) is 5.26. The first kappa shape index (κ1) is 20.1. The number of ether oxygens (including phenoxy) is 1. The number of hydrazone groups is 1. The Morgan fingerprint density at radius 2 is 1.79 bits per heavy atom. The van der Waals surface area contributed by atoms with Gasteiger partial charge in [0.15, 0.2) is 0 Å². The van der Waals surface area contributed by atoms with Crippen molar-refractivity contribution in [2.24, 2.45) is 5.10 Å². The zero-order valence-corrected chi connectivity index (χ0v) is 17.8. The number of phenols is 1. The topological polar surface area (TPSA) is 70.9 Å². The van der Waals surface area contributed by atoms with E-state index in [2.05, 4.69) is 42.4 Å². The molecule has 0 saturated heterocycles. The van der Waals surface area contributed by atoms with E-state index in [1.165, 1.54) is 18.3 Å². The van der Waals surface area contributed by atoms with Crippen molar-refractivity contribution in [3.05, 3.63) is 92.4 Å². The number of nitrogens with zero attached hydrogens (tertiary/aromatic N) is 1. The summed E-state index contributed by atoms with van der Waals surface area (Å²) in [5, 5.41) is 13.7. The van der Waals surface area contributed by atoms with Gasteiger partial charge in [0.2, 0.25) is 0 Å². The molecule has 3 aromatic carbocycles. The van der Waals surface area contributed by atoms with Gasteiger partial charge in [-0.25, -0.2) is 5.43 Å². The maximum Gasteiger partial charge on any atom is 0.275 e. The van der Waals surface area contributed by atoms with Gasteiger partial charge in [0, 0.05) is 8.95 Å². The van der Waals surface area contributed by atoms with Crippen LogP contribution in [0.15, 0.2) is 80.8 Å². The van der Waals surface area contributed by atoms with Crippen LogP contribution >= 0.6 is 31.9 Å². The molecule has 0 radical (unpaired) electrons. The van der Waals surface area contributed by atoms with Crippen LogP contribution in [0.1, 0.15) is 21.5 Å².